The second-order valence-corrected chi connectivity index (χ2v) is 10.7. The number of para-hydroxylation sites is 1. The highest BCUT2D eigenvalue weighted by Gasteiger charge is 2.79. The van der Waals surface area contributed by atoms with Crippen molar-refractivity contribution in [2.24, 2.45) is 11.8 Å². The van der Waals surface area contributed by atoms with Crippen LogP contribution in [0.25, 0.3) is 0 Å². The predicted octanol–water partition coefficient (Wildman–Crippen LogP) is 3.48. The van der Waals surface area contributed by atoms with Crippen molar-refractivity contribution < 1.29 is 29.0 Å². The summed E-state index contributed by atoms with van der Waals surface area (Å²) in [6.07, 6.45) is 6.36. The summed E-state index contributed by atoms with van der Waals surface area (Å²) in [5.74, 6) is -2.72. The zero-order chi connectivity index (χ0) is 27.7. The Hall–Kier alpha value is -2.97. The lowest BCUT2D eigenvalue weighted by molar-refractivity contribution is -0.161. The zero-order valence-corrected chi connectivity index (χ0v) is 22.8. The van der Waals surface area contributed by atoms with E-state index < -0.39 is 35.0 Å². The fraction of sp³-hybridized carbons (Fsp3) is 0.567. The Morgan fingerprint density at radius 1 is 1.24 bits per heavy atom. The molecule has 0 aromatic heterocycles. The number of anilines is 1. The Morgan fingerprint density at radius 2 is 1.95 bits per heavy atom. The largest absolute Gasteiger partial charge is 0.465 e. The number of aliphatic hydroxyl groups excluding tert-OH is 1. The molecular weight excluding hydrogens is 484 g/mol. The molecule has 8 nitrogen and oxygen atoms in total. The molecule has 1 aromatic carbocycles. The molecule has 3 fully saturated rings. The fourth-order valence-electron chi connectivity index (χ4n) is 6.99. The number of likely N-dealkylation sites (tertiary alicyclic amines) is 1. The minimum Gasteiger partial charge on any atom is -0.465 e. The van der Waals surface area contributed by atoms with Crippen LogP contribution in [0.5, 0.6) is 0 Å². The maximum Gasteiger partial charge on any atom is 0.312 e. The Labute approximate surface area is 225 Å². The van der Waals surface area contributed by atoms with Gasteiger partial charge in [-0.25, -0.2) is 0 Å². The van der Waals surface area contributed by atoms with Gasteiger partial charge in [-0.1, -0.05) is 37.3 Å². The van der Waals surface area contributed by atoms with Gasteiger partial charge in [-0.05, 0) is 57.1 Å². The Morgan fingerprint density at radius 3 is 2.55 bits per heavy atom. The van der Waals surface area contributed by atoms with E-state index in [1.54, 1.807) is 17.1 Å². The molecule has 3 aliphatic heterocycles. The van der Waals surface area contributed by atoms with Gasteiger partial charge in [-0.15, -0.1) is 13.2 Å². The molecule has 4 rings (SSSR count). The third kappa shape index (κ3) is 4.28. The van der Waals surface area contributed by atoms with Gasteiger partial charge in [0.1, 0.15) is 17.6 Å². The SMILES string of the molecule is C=CCCCOC(=O)[C@@H]1[C@H]2C(=O)N(CCO)C(C(=O)N(CC=C)c3c(C)cccc3C)C23CC[C@@]1(CC)O3. The highest BCUT2D eigenvalue weighted by atomic mass is 16.6. The number of carbonyl (C=O) groups is 3. The van der Waals surface area contributed by atoms with E-state index in [1.165, 1.54) is 4.90 Å². The first-order valence-corrected chi connectivity index (χ1v) is 13.6. The summed E-state index contributed by atoms with van der Waals surface area (Å²) in [6, 6.07) is 4.85. The highest BCUT2D eigenvalue weighted by molar-refractivity contribution is 6.05. The predicted molar refractivity (Wildman–Crippen MR) is 144 cm³/mol. The van der Waals surface area contributed by atoms with E-state index in [9.17, 15) is 19.5 Å². The van der Waals surface area contributed by atoms with Crippen LogP contribution in [-0.2, 0) is 23.9 Å². The van der Waals surface area contributed by atoms with Crippen molar-refractivity contribution in [1.82, 2.24) is 4.90 Å². The van der Waals surface area contributed by atoms with Gasteiger partial charge >= 0.3 is 5.97 Å². The molecule has 1 spiro atoms. The van der Waals surface area contributed by atoms with Gasteiger partial charge in [-0.3, -0.25) is 14.4 Å². The number of hydrogen-bond donors (Lipinski definition) is 1. The minimum atomic E-state index is -1.17. The second kappa shape index (κ2) is 11.0. The second-order valence-electron chi connectivity index (χ2n) is 10.7. The van der Waals surface area contributed by atoms with Crippen LogP contribution in [0.4, 0.5) is 5.69 Å². The quantitative estimate of drug-likeness (QED) is 0.256. The molecular formula is C30H40N2O6. The molecule has 0 radical (unpaired) electrons. The zero-order valence-electron chi connectivity index (χ0n) is 22.8. The van der Waals surface area contributed by atoms with Gasteiger partial charge in [0.15, 0.2) is 0 Å². The van der Waals surface area contributed by atoms with Crippen LogP contribution in [-0.4, -0.2) is 71.3 Å². The van der Waals surface area contributed by atoms with Crippen LogP contribution in [0.15, 0.2) is 43.5 Å². The van der Waals surface area contributed by atoms with Gasteiger partial charge in [0.2, 0.25) is 5.91 Å². The molecule has 206 valence electrons. The molecule has 3 aliphatic rings. The number of unbranched alkanes of at least 4 members (excludes halogenated alkanes) is 1. The van der Waals surface area contributed by atoms with Gasteiger partial charge in [0.05, 0.1) is 24.7 Å². The third-order valence-corrected chi connectivity index (χ3v) is 8.59. The standard InChI is InChI=1S/C30H40N2O6/c1-6-9-10-19-37-28(36)23-22-26(34)32(17-18-33)25(30(22)15-14-29(23,8-3)38-30)27(35)31(16-7-2)24-20(4)12-11-13-21(24)5/h6-7,11-13,22-23,25,33H,1-2,8-10,14-19H2,3-5H3/t22-,23-,25?,29+,30?/m0/s1. The molecule has 1 N–H and O–H groups in total. The maximum atomic E-state index is 14.5. The first kappa shape index (κ1) is 28.0. The van der Waals surface area contributed by atoms with Crippen molar-refractivity contribution >= 4 is 23.5 Å². The lowest BCUT2D eigenvalue weighted by Crippen LogP contribution is -2.57. The molecule has 2 unspecified atom stereocenters. The Kier molecular flexibility index (Phi) is 8.14. The van der Waals surface area contributed by atoms with Crippen LogP contribution in [0.1, 0.15) is 50.2 Å². The number of β-amino-alcohol motifs (C(OH)–C–C–N with tert-alkyl or cyclic N) is 1. The summed E-state index contributed by atoms with van der Waals surface area (Å²) in [7, 11) is 0. The molecule has 2 bridgehead atoms. The number of aliphatic hydroxyl groups is 1. The number of carbonyl (C=O) groups excluding carboxylic acids is 3. The molecule has 38 heavy (non-hydrogen) atoms. The number of hydrogen-bond acceptors (Lipinski definition) is 6. The monoisotopic (exact) mass is 524 g/mol. The van der Waals surface area contributed by atoms with E-state index >= 15 is 0 Å². The van der Waals surface area contributed by atoms with Crippen LogP contribution in [0.3, 0.4) is 0 Å². The molecule has 3 saturated heterocycles. The van der Waals surface area contributed by atoms with Crippen molar-refractivity contribution in [3.63, 3.8) is 0 Å². The minimum absolute atomic E-state index is 0.0221. The molecule has 1 aromatic rings. The van der Waals surface area contributed by atoms with Crippen molar-refractivity contribution in [1.29, 1.82) is 0 Å². The van der Waals surface area contributed by atoms with Gasteiger partial charge in [0.25, 0.3) is 5.91 Å². The topological polar surface area (TPSA) is 96.4 Å². The van der Waals surface area contributed by atoms with E-state index in [-0.39, 0.29) is 38.1 Å². The first-order valence-electron chi connectivity index (χ1n) is 13.6. The molecule has 5 atom stereocenters. The van der Waals surface area contributed by atoms with Crippen LogP contribution >= 0.6 is 0 Å². The van der Waals surface area contributed by atoms with E-state index in [0.29, 0.717) is 25.7 Å². The molecule has 2 amide bonds. The van der Waals surface area contributed by atoms with Gasteiger partial charge < -0.3 is 24.4 Å². The van der Waals surface area contributed by atoms with E-state index in [4.69, 9.17) is 9.47 Å². The van der Waals surface area contributed by atoms with Crippen LogP contribution in [0, 0.1) is 25.7 Å². The van der Waals surface area contributed by atoms with Crippen molar-refractivity contribution in [3.8, 4) is 0 Å². The lowest BCUT2D eigenvalue weighted by Gasteiger charge is -2.37. The summed E-state index contributed by atoms with van der Waals surface area (Å²) in [4.78, 5) is 45.1. The fourth-order valence-corrected chi connectivity index (χ4v) is 6.99. The molecule has 3 heterocycles. The summed E-state index contributed by atoms with van der Waals surface area (Å²) in [5.41, 5.74) is 0.594. The van der Waals surface area contributed by atoms with Crippen LogP contribution < -0.4 is 4.90 Å². The summed E-state index contributed by atoms with van der Waals surface area (Å²) in [6.45, 7) is 13.6. The Bertz CT molecular complexity index is 1100. The summed E-state index contributed by atoms with van der Waals surface area (Å²) >= 11 is 0. The average Bonchev–Trinajstić information content (AvgIpc) is 3.49. The van der Waals surface area contributed by atoms with Gasteiger partial charge in [0, 0.05) is 18.8 Å². The number of ether oxygens (including phenoxy) is 2. The summed E-state index contributed by atoms with van der Waals surface area (Å²) in [5, 5.41) is 9.88. The molecule has 0 aliphatic carbocycles. The normalized spacial score (nSPS) is 29.3. The highest BCUT2D eigenvalue weighted by Crippen LogP contribution is 2.64. The maximum absolute atomic E-state index is 14.5. The van der Waals surface area contributed by atoms with Crippen molar-refractivity contribution in [2.75, 3.05) is 31.2 Å². The third-order valence-electron chi connectivity index (χ3n) is 8.59. The number of amides is 2. The number of aryl methyl sites for hydroxylation is 2. The Balaban J connectivity index is 1.77. The first-order chi connectivity index (χ1) is 18.2. The van der Waals surface area contributed by atoms with E-state index in [2.05, 4.69) is 13.2 Å². The van der Waals surface area contributed by atoms with Crippen molar-refractivity contribution in [3.05, 3.63) is 54.6 Å². The van der Waals surface area contributed by atoms with E-state index in [0.717, 1.165) is 23.2 Å². The number of allylic oxidation sites excluding steroid dienone is 1. The number of benzene rings is 1. The molecule has 0 saturated carbocycles. The van der Waals surface area contributed by atoms with Crippen molar-refractivity contribution in [2.45, 2.75) is 70.1 Å². The number of esters is 1. The van der Waals surface area contributed by atoms with E-state index in [1.807, 2.05) is 39.0 Å². The molecule has 8 heteroatoms. The van der Waals surface area contributed by atoms with Gasteiger partial charge in [-0.2, -0.15) is 0 Å². The lowest BCUT2D eigenvalue weighted by atomic mass is 9.65. The smallest absolute Gasteiger partial charge is 0.312 e. The number of rotatable bonds is 12. The average molecular weight is 525 g/mol. The summed E-state index contributed by atoms with van der Waals surface area (Å²) < 4.78 is 12.4. The number of fused-ring (bicyclic) bond motifs is 1. The number of nitrogens with zero attached hydrogens (tertiary/aromatic N) is 2. The van der Waals surface area contributed by atoms with Crippen LogP contribution in [0.2, 0.25) is 0 Å².